The molecule has 0 bridgehead atoms. The second-order valence-electron chi connectivity index (χ2n) is 6.12. The molecule has 1 atom stereocenters. The number of rotatable bonds is 5. The van der Waals surface area contributed by atoms with Crippen LogP contribution in [0, 0.1) is 27.2 Å². The van der Waals surface area contributed by atoms with E-state index in [-0.39, 0.29) is 28.9 Å². The summed E-state index contributed by atoms with van der Waals surface area (Å²) in [7, 11) is 0. The van der Waals surface area contributed by atoms with E-state index in [1.165, 1.54) is 24.4 Å². The van der Waals surface area contributed by atoms with Gasteiger partial charge in [-0.15, -0.1) is 0 Å². The highest BCUT2D eigenvalue weighted by Crippen LogP contribution is 2.21. The number of anilines is 1. The number of hydrogen-bond donors (Lipinski definition) is 1. The SMILES string of the molecule is Cc1ncc([N+](=O)[O-])cc1C(=O)N1CCC(Nc2ccc([N+](=O)[O-])cn2)C1. The highest BCUT2D eigenvalue weighted by Gasteiger charge is 2.29. The van der Waals surface area contributed by atoms with Crippen LogP contribution in [-0.4, -0.2) is 49.8 Å². The predicted octanol–water partition coefficient (Wildman–Crippen LogP) is 1.93. The quantitative estimate of drug-likeness (QED) is 0.619. The maximum Gasteiger partial charge on any atom is 0.288 e. The van der Waals surface area contributed by atoms with Gasteiger partial charge in [0, 0.05) is 31.3 Å². The van der Waals surface area contributed by atoms with Gasteiger partial charge in [0.25, 0.3) is 17.3 Å². The van der Waals surface area contributed by atoms with Gasteiger partial charge in [-0.1, -0.05) is 0 Å². The molecule has 140 valence electrons. The van der Waals surface area contributed by atoms with Gasteiger partial charge >= 0.3 is 0 Å². The summed E-state index contributed by atoms with van der Waals surface area (Å²) in [6.07, 6.45) is 2.95. The molecule has 11 heteroatoms. The standard InChI is InChI=1S/C16H16N6O5/c1-10-14(6-13(8-17-10)22(26)27)16(23)20-5-4-11(9-20)19-15-3-2-12(7-18-15)21(24)25/h2-3,6-8,11H,4-5,9H2,1H3,(H,18,19). The van der Waals surface area contributed by atoms with Gasteiger partial charge in [0.05, 0.1) is 21.1 Å². The number of pyridine rings is 2. The molecule has 3 rings (SSSR count). The van der Waals surface area contributed by atoms with Crippen LogP contribution in [0.2, 0.25) is 0 Å². The van der Waals surface area contributed by atoms with Crippen LogP contribution >= 0.6 is 0 Å². The highest BCUT2D eigenvalue weighted by molar-refractivity contribution is 5.96. The van der Waals surface area contributed by atoms with E-state index >= 15 is 0 Å². The molecule has 0 aromatic carbocycles. The Hall–Kier alpha value is -3.63. The largest absolute Gasteiger partial charge is 0.365 e. The molecule has 1 unspecified atom stereocenters. The van der Waals surface area contributed by atoms with Crippen molar-refractivity contribution in [2.24, 2.45) is 0 Å². The summed E-state index contributed by atoms with van der Waals surface area (Å²) in [5, 5.41) is 24.7. The minimum Gasteiger partial charge on any atom is -0.365 e. The Morgan fingerprint density at radius 1 is 1.19 bits per heavy atom. The lowest BCUT2D eigenvalue weighted by molar-refractivity contribution is -0.385. The number of nitrogens with zero attached hydrogens (tertiary/aromatic N) is 5. The Labute approximate surface area is 153 Å². The number of carbonyl (C=O) groups is 1. The van der Waals surface area contributed by atoms with Crippen LogP contribution < -0.4 is 5.32 Å². The molecule has 0 saturated carbocycles. The van der Waals surface area contributed by atoms with Crippen molar-refractivity contribution in [3.05, 3.63) is 62.1 Å². The van der Waals surface area contributed by atoms with Crippen LogP contribution in [0.4, 0.5) is 17.2 Å². The lowest BCUT2D eigenvalue weighted by Gasteiger charge is -2.18. The number of carbonyl (C=O) groups excluding carboxylic acids is 1. The van der Waals surface area contributed by atoms with E-state index in [0.29, 0.717) is 31.0 Å². The Balaban J connectivity index is 1.67. The molecule has 2 aromatic heterocycles. The summed E-state index contributed by atoms with van der Waals surface area (Å²) in [6.45, 7) is 2.49. The molecule has 0 radical (unpaired) electrons. The van der Waals surface area contributed by atoms with Gasteiger partial charge in [-0.25, -0.2) is 4.98 Å². The first-order valence-corrected chi connectivity index (χ1v) is 8.12. The third-order valence-electron chi connectivity index (χ3n) is 4.30. The fourth-order valence-electron chi connectivity index (χ4n) is 2.86. The van der Waals surface area contributed by atoms with Gasteiger partial charge in [-0.2, -0.15) is 0 Å². The smallest absolute Gasteiger partial charge is 0.288 e. The van der Waals surface area contributed by atoms with Crippen molar-refractivity contribution in [1.29, 1.82) is 0 Å². The number of likely N-dealkylation sites (tertiary alicyclic amines) is 1. The first kappa shape index (κ1) is 18.2. The van der Waals surface area contributed by atoms with Crippen LogP contribution in [0.3, 0.4) is 0 Å². The summed E-state index contributed by atoms with van der Waals surface area (Å²) >= 11 is 0. The molecular weight excluding hydrogens is 356 g/mol. The number of aromatic nitrogens is 2. The zero-order valence-electron chi connectivity index (χ0n) is 14.4. The van der Waals surface area contributed by atoms with Crippen molar-refractivity contribution in [3.8, 4) is 0 Å². The molecule has 2 aromatic rings. The van der Waals surface area contributed by atoms with Gasteiger partial charge in [-0.3, -0.25) is 30.0 Å². The van der Waals surface area contributed by atoms with Gasteiger partial charge in [-0.05, 0) is 19.4 Å². The summed E-state index contributed by atoms with van der Waals surface area (Å²) in [5.41, 5.74) is 0.308. The lowest BCUT2D eigenvalue weighted by atomic mass is 10.1. The Morgan fingerprint density at radius 3 is 2.52 bits per heavy atom. The van der Waals surface area contributed by atoms with E-state index in [1.54, 1.807) is 11.8 Å². The summed E-state index contributed by atoms with van der Waals surface area (Å²) in [5.74, 6) is 0.165. The van der Waals surface area contributed by atoms with E-state index in [0.717, 1.165) is 6.20 Å². The molecule has 11 nitrogen and oxygen atoms in total. The summed E-state index contributed by atoms with van der Waals surface area (Å²) < 4.78 is 0. The van der Waals surface area contributed by atoms with E-state index < -0.39 is 9.85 Å². The third-order valence-corrected chi connectivity index (χ3v) is 4.30. The van der Waals surface area contributed by atoms with Crippen molar-refractivity contribution < 1.29 is 14.6 Å². The maximum absolute atomic E-state index is 12.7. The molecular formula is C16H16N6O5. The van der Waals surface area contributed by atoms with Crippen molar-refractivity contribution in [3.63, 3.8) is 0 Å². The zero-order valence-corrected chi connectivity index (χ0v) is 14.4. The van der Waals surface area contributed by atoms with Crippen LogP contribution in [0.1, 0.15) is 22.5 Å². The van der Waals surface area contributed by atoms with Crippen LogP contribution in [0.25, 0.3) is 0 Å². The first-order valence-electron chi connectivity index (χ1n) is 8.12. The normalized spacial score (nSPS) is 16.2. The highest BCUT2D eigenvalue weighted by atomic mass is 16.6. The monoisotopic (exact) mass is 372 g/mol. The number of nitrogens with one attached hydrogen (secondary N) is 1. The van der Waals surface area contributed by atoms with Crippen molar-refractivity contribution in [1.82, 2.24) is 14.9 Å². The van der Waals surface area contributed by atoms with Gasteiger partial charge in [0.2, 0.25) is 0 Å². The first-order chi connectivity index (χ1) is 12.8. The van der Waals surface area contributed by atoms with Gasteiger partial charge < -0.3 is 10.2 Å². The average Bonchev–Trinajstić information content (AvgIpc) is 3.10. The van der Waals surface area contributed by atoms with Crippen molar-refractivity contribution >= 4 is 23.1 Å². The minimum atomic E-state index is -0.585. The molecule has 1 fully saturated rings. The predicted molar refractivity (Wildman–Crippen MR) is 94.5 cm³/mol. The van der Waals surface area contributed by atoms with Crippen LogP contribution in [0.15, 0.2) is 30.6 Å². The van der Waals surface area contributed by atoms with E-state index in [2.05, 4.69) is 15.3 Å². The number of hydrogen-bond acceptors (Lipinski definition) is 8. The van der Waals surface area contributed by atoms with E-state index in [4.69, 9.17) is 0 Å². The maximum atomic E-state index is 12.7. The number of aryl methyl sites for hydroxylation is 1. The number of amides is 1. The molecule has 27 heavy (non-hydrogen) atoms. The molecule has 0 aliphatic carbocycles. The van der Waals surface area contributed by atoms with E-state index in [1.807, 2.05) is 0 Å². The Bertz CT molecular complexity index is 901. The second-order valence-corrected chi connectivity index (χ2v) is 6.12. The molecule has 1 amide bonds. The van der Waals surface area contributed by atoms with Crippen molar-refractivity contribution in [2.75, 3.05) is 18.4 Å². The Morgan fingerprint density at radius 2 is 1.89 bits per heavy atom. The topological polar surface area (TPSA) is 144 Å². The van der Waals surface area contributed by atoms with Gasteiger partial charge in [0.15, 0.2) is 0 Å². The third kappa shape index (κ3) is 3.97. The average molecular weight is 372 g/mol. The molecule has 0 spiro atoms. The zero-order chi connectivity index (χ0) is 19.6. The number of nitro groups is 2. The van der Waals surface area contributed by atoms with Crippen LogP contribution in [0.5, 0.6) is 0 Å². The fourth-order valence-corrected chi connectivity index (χ4v) is 2.86. The molecule has 3 heterocycles. The van der Waals surface area contributed by atoms with Gasteiger partial charge in [0.1, 0.15) is 18.2 Å². The van der Waals surface area contributed by atoms with Crippen molar-refractivity contribution in [2.45, 2.75) is 19.4 Å². The lowest BCUT2D eigenvalue weighted by Crippen LogP contribution is -2.32. The summed E-state index contributed by atoms with van der Waals surface area (Å²) in [6, 6.07) is 4.03. The van der Waals surface area contributed by atoms with E-state index in [9.17, 15) is 25.0 Å². The fraction of sp³-hybridized carbons (Fsp3) is 0.312. The second kappa shape index (κ2) is 7.32. The molecule has 1 aliphatic rings. The van der Waals surface area contributed by atoms with Crippen LogP contribution in [-0.2, 0) is 0 Å². The Kier molecular flexibility index (Phi) is 4.92. The summed E-state index contributed by atoms with van der Waals surface area (Å²) in [4.78, 5) is 42.7. The molecule has 1 N–H and O–H groups in total. The molecule has 1 aliphatic heterocycles. The molecule has 1 saturated heterocycles. The minimum absolute atomic E-state index is 0.0742.